The summed E-state index contributed by atoms with van der Waals surface area (Å²) in [4.78, 5) is 1.45. The molecule has 192 valence electrons. The highest BCUT2D eigenvalue weighted by molar-refractivity contribution is 7.89. The first-order valence-electron chi connectivity index (χ1n) is 12.3. The third kappa shape index (κ3) is 6.44. The third-order valence-electron chi connectivity index (χ3n) is 7.05. The first-order chi connectivity index (χ1) is 16.7. The molecule has 4 rings (SSSR count). The van der Waals surface area contributed by atoms with Crippen molar-refractivity contribution in [1.82, 2.24) is 9.62 Å². The number of fused-ring (bicyclic) bond motifs is 5. The highest BCUT2D eigenvalue weighted by atomic mass is 32.2. The summed E-state index contributed by atoms with van der Waals surface area (Å²) < 4.78 is 75.6. The van der Waals surface area contributed by atoms with Crippen LogP contribution in [0.15, 0.2) is 48.5 Å². The van der Waals surface area contributed by atoms with E-state index in [1.807, 2.05) is 36.4 Å². The molecule has 2 bridgehead atoms. The van der Waals surface area contributed by atoms with E-state index in [-0.39, 0.29) is 25.3 Å². The largest absolute Gasteiger partial charge is 0.404 e. The van der Waals surface area contributed by atoms with Crippen LogP contribution in [0.3, 0.4) is 0 Å². The van der Waals surface area contributed by atoms with Crippen molar-refractivity contribution in [2.24, 2.45) is 0 Å². The number of hydrogen-bond donors (Lipinski definition) is 1. The average Bonchev–Trinajstić information content (AvgIpc) is 3.18. The molecule has 1 fully saturated rings. The van der Waals surface area contributed by atoms with Gasteiger partial charge in [0.2, 0.25) is 10.0 Å². The zero-order chi connectivity index (χ0) is 25.1. The highest BCUT2D eigenvalue weighted by Gasteiger charge is 2.49. The molecule has 3 unspecified atom stereocenters. The van der Waals surface area contributed by atoms with Crippen LogP contribution in [-0.2, 0) is 27.6 Å². The van der Waals surface area contributed by atoms with Crippen LogP contribution in [-0.4, -0.2) is 63.1 Å². The van der Waals surface area contributed by atoms with Gasteiger partial charge in [-0.15, -0.1) is 0 Å². The quantitative estimate of drug-likeness (QED) is 0.658. The Kier molecular flexibility index (Phi) is 8.20. The maximum Gasteiger partial charge on any atom is 0.404 e. The SMILES string of the molecule is CCS(=O)(=O)NC1CCN2C1Cc1cccc(c1)-c1ccccc1CCCOCCC2C(F)(F)F. The Labute approximate surface area is 205 Å². The molecule has 9 heteroatoms. The predicted molar refractivity (Wildman–Crippen MR) is 131 cm³/mol. The van der Waals surface area contributed by atoms with Gasteiger partial charge in [-0.3, -0.25) is 4.90 Å². The second-order valence-electron chi connectivity index (χ2n) is 9.35. The van der Waals surface area contributed by atoms with Crippen molar-refractivity contribution in [3.05, 3.63) is 59.7 Å². The molecule has 35 heavy (non-hydrogen) atoms. The molecule has 1 N–H and O–H groups in total. The van der Waals surface area contributed by atoms with Gasteiger partial charge in [-0.05, 0) is 61.3 Å². The molecule has 0 amide bonds. The number of halogens is 3. The average molecular weight is 511 g/mol. The summed E-state index contributed by atoms with van der Waals surface area (Å²) >= 11 is 0. The van der Waals surface area contributed by atoms with Crippen molar-refractivity contribution < 1.29 is 26.3 Å². The Balaban J connectivity index is 1.73. The number of aryl methyl sites for hydroxylation is 1. The van der Waals surface area contributed by atoms with Crippen LogP contribution in [0.4, 0.5) is 13.2 Å². The fourth-order valence-corrected chi connectivity index (χ4v) is 6.18. The molecule has 2 aliphatic heterocycles. The minimum atomic E-state index is -4.44. The molecule has 5 nitrogen and oxygen atoms in total. The highest BCUT2D eigenvalue weighted by Crippen LogP contribution is 2.35. The molecule has 0 radical (unpaired) electrons. The molecule has 1 saturated heterocycles. The van der Waals surface area contributed by atoms with Crippen LogP contribution in [0.1, 0.15) is 37.3 Å². The molecule has 0 saturated carbocycles. The second-order valence-corrected chi connectivity index (χ2v) is 11.4. The summed E-state index contributed by atoms with van der Waals surface area (Å²) in [6.45, 7) is 2.10. The number of nitrogens with one attached hydrogen (secondary N) is 1. The zero-order valence-electron chi connectivity index (χ0n) is 19.9. The van der Waals surface area contributed by atoms with Crippen molar-refractivity contribution in [1.29, 1.82) is 0 Å². The lowest BCUT2D eigenvalue weighted by Crippen LogP contribution is -2.53. The minimum absolute atomic E-state index is 0.00808. The zero-order valence-corrected chi connectivity index (χ0v) is 20.7. The van der Waals surface area contributed by atoms with E-state index >= 15 is 0 Å². The van der Waals surface area contributed by atoms with Gasteiger partial charge in [0.05, 0.1) is 5.75 Å². The van der Waals surface area contributed by atoms with E-state index < -0.39 is 34.3 Å². The first-order valence-corrected chi connectivity index (χ1v) is 13.9. The lowest BCUT2D eigenvalue weighted by Gasteiger charge is -2.36. The molecular formula is C26H33F3N2O3S. The third-order valence-corrected chi connectivity index (χ3v) is 8.47. The van der Waals surface area contributed by atoms with E-state index in [9.17, 15) is 21.6 Å². The fourth-order valence-electron chi connectivity index (χ4n) is 5.28. The van der Waals surface area contributed by atoms with Crippen LogP contribution in [0, 0.1) is 0 Å². The number of ether oxygens (including phenoxy) is 1. The second kappa shape index (κ2) is 11.0. The number of sulfonamides is 1. The standard InChI is InChI=1S/C26H33F3N2O3S/c1-2-35(32,33)30-23-12-14-31-24(23)18-19-7-5-9-21(17-19)22-11-4-3-8-20(22)10-6-15-34-16-13-25(31)26(27,28)29/h3-5,7-9,11,17,23-25,30H,2,6,10,12-16,18H2,1H3. The summed E-state index contributed by atoms with van der Waals surface area (Å²) in [5.41, 5.74) is 4.18. The van der Waals surface area contributed by atoms with Gasteiger partial charge >= 0.3 is 6.18 Å². The number of nitrogens with zero attached hydrogens (tertiary/aromatic N) is 1. The van der Waals surface area contributed by atoms with E-state index in [0.29, 0.717) is 19.4 Å². The van der Waals surface area contributed by atoms with Crippen LogP contribution in [0.5, 0.6) is 0 Å². The Bertz CT molecular complexity index is 1110. The van der Waals surface area contributed by atoms with Gasteiger partial charge < -0.3 is 4.74 Å². The molecular weight excluding hydrogens is 477 g/mol. The lowest BCUT2D eigenvalue weighted by molar-refractivity contribution is -0.190. The maximum absolute atomic E-state index is 14.2. The van der Waals surface area contributed by atoms with Crippen molar-refractivity contribution in [2.45, 2.75) is 63.3 Å². The molecule has 2 aromatic carbocycles. The van der Waals surface area contributed by atoms with E-state index in [0.717, 1.165) is 29.5 Å². The summed E-state index contributed by atoms with van der Waals surface area (Å²) in [5.74, 6) is -0.112. The van der Waals surface area contributed by atoms with Crippen LogP contribution in [0.25, 0.3) is 11.1 Å². The fraction of sp³-hybridized carbons (Fsp3) is 0.538. The van der Waals surface area contributed by atoms with Gasteiger partial charge in [0.15, 0.2) is 0 Å². The minimum Gasteiger partial charge on any atom is -0.381 e. The van der Waals surface area contributed by atoms with Gasteiger partial charge in [-0.1, -0.05) is 48.5 Å². The van der Waals surface area contributed by atoms with E-state index in [4.69, 9.17) is 4.74 Å². The first kappa shape index (κ1) is 26.1. The van der Waals surface area contributed by atoms with Gasteiger partial charge in [-0.25, -0.2) is 13.1 Å². The van der Waals surface area contributed by atoms with Crippen LogP contribution >= 0.6 is 0 Å². The number of benzene rings is 2. The Morgan fingerprint density at radius 1 is 1.09 bits per heavy atom. The molecule has 2 heterocycles. The number of rotatable bonds is 3. The normalized spacial score (nSPS) is 24.7. The molecule has 0 aliphatic carbocycles. The molecule has 2 aliphatic rings. The molecule has 2 aromatic rings. The van der Waals surface area contributed by atoms with E-state index in [1.54, 1.807) is 0 Å². The summed E-state index contributed by atoms with van der Waals surface area (Å²) in [5, 5.41) is 0. The summed E-state index contributed by atoms with van der Waals surface area (Å²) in [6.07, 6.45) is -2.46. The lowest BCUT2D eigenvalue weighted by atomic mass is 9.93. The van der Waals surface area contributed by atoms with Gasteiger partial charge in [-0.2, -0.15) is 13.2 Å². The van der Waals surface area contributed by atoms with Crippen molar-refractivity contribution in [3.63, 3.8) is 0 Å². The van der Waals surface area contributed by atoms with Gasteiger partial charge in [0.25, 0.3) is 0 Å². The van der Waals surface area contributed by atoms with E-state index in [1.165, 1.54) is 17.4 Å². The van der Waals surface area contributed by atoms with Gasteiger partial charge in [0.1, 0.15) is 6.04 Å². The Morgan fingerprint density at radius 3 is 2.66 bits per heavy atom. The Morgan fingerprint density at radius 2 is 1.89 bits per heavy atom. The van der Waals surface area contributed by atoms with Crippen LogP contribution in [0.2, 0.25) is 0 Å². The molecule has 0 aromatic heterocycles. The van der Waals surface area contributed by atoms with Crippen molar-refractivity contribution in [3.8, 4) is 11.1 Å². The molecule has 3 atom stereocenters. The number of hydrogen-bond acceptors (Lipinski definition) is 4. The predicted octanol–water partition coefficient (Wildman–Crippen LogP) is 4.56. The van der Waals surface area contributed by atoms with Crippen molar-refractivity contribution in [2.75, 3.05) is 25.5 Å². The summed E-state index contributed by atoms with van der Waals surface area (Å²) in [7, 11) is -3.56. The van der Waals surface area contributed by atoms with Crippen molar-refractivity contribution >= 4 is 10.0 Å². The maximum atomic E-state index is 14.2. The smallest absolute Gasteiger partial charge is 0.381 e. The monoisotopic (exact) mass is 510 g/mol. The van der Waals surface area contributed by atoms with E-state index in [2.05, 4.69) is 16.9 Å². The van der Waals surface area contributed by atoms with Gasteiger partial charge in [0, 0.05) is 31.8 Å². The topological polar surface area (TPSA) is 58.6 Å². The van der Waals surface area contributed by atoms with Crippen LogP contribution < -0.4 is 4.72 Å². The number of alkyl halides is 3. The Hall–Kier alpha value is -1.94. The molecule has 0 spiro atoms. The summed E-state index contributed by atoms with van der Waals surface area (Å²) in [6, 6.07) is 13.1.